The Balaban J connectivity index is 0.00000392. The Morgan fingerprint density at radius 3 is 2.57 bits per heavy atom. The van der Waals surface area contributed by atoms with Crippen LogP contribution < -0.4 is 10.6 Å². The number of likely N-dealkylation sites (tertiary alicyclic amines) is 1. The lowest BCUT2D eigenvalue weighted by molar-refractivity contribution is -0.183. The van der Waals surface area contributed by atoms with Crippen molar-refractivity contribution in [2.24, 2.45) is 22.7 Å². The molecule has 0 aromatic heterocycles. The maximum atomic E-state index is 13.0. The van der Waals surface area contributed by atoms with Crippen molar-refractivity contribution in [1.82, 2.24) is 15.5 Å². The van der Waals surface area contributed by atoms with E-state index < -0.39 is 12.1 Å². The summed E-state index contributed by atoms with van der Waals surface area (Å²) in [6.07, 6.45) is 0.0981. The van der Waals surface area contributed by atoms with Crippen LogP contribution in [0.2, 0.25) is 0 Å². The topological polar surface area (TPSA) is 39.7 Å². The van der Waals surface area contributed by atoms with Gasteiger partial charge in [-0.2, -0.15) is 13.2 Å². The summed E-state index contributed by atoms with van der Waals surface area (Å²) in [5.74, 6) is 0.683. The molecule has 28 heavy (non-hydrogen) atoms. The molecule has 8 heteroatoms. The maximum Gasteiger partial charge on any atom is 0.391 e. The number of nitrogens with zero attached hydrogens (tertiary/aromatic N) is 2. The molecule has 1 heterocycles. The molecule has 1 saturated carbocycles. The molecule has 0 spiro atoms. The standard InChI is InChI=1S/C20H37F3N4.HI/c1-4-24-19(26-18-9-5-8-17(11-18)20(21,22)23)25-12-16-7-6-10-27(14-16)13-15(2)3;/h15-18H,4-14H2,1-3H3,(H2,24,25,26);1H. The lowest BCUT2D eigenvalue weighted by atomic mass is 9.85. The fraction of sp³-hybridized carbons (Fsp3) is 0.950. The van der Waals surface area contributed by atoms with Crippen LogP contribution in [0.1, 0.15) is 59.3 Å². The molecule has 3 unspecified atom stereocenters. The Hall–Kier alpha value is -0.250. The molecule has 1 aliphatic heterocycles. The number of aliphatic imine (C=N–C) groups is 1. The zero-order valence-corrected chi connectivity index (χ0v) is 19.9. The lowest BCUT2D eigenvalue weighted by Crippen LogP contribution is -2.47. The number of alkyl halides is 3. The van der Waals surface area contributed by atoms with Gasteiger partial charge in [0.15, 0.2) is 5.96 Å². The smallest absolute Gasteiger partial charge is 0.357 e. The number of nitrogens with one attached hydrogen (secondary N) is 2. The normalized spacial score (nSPS) is 27.4. The average molecular weight is 518 g/mol. The highest BCUT2D eigenvalue weighted by atomic mass is 127. The number of piperidine rings is 1. The van der Waals surface area contributed by atoms with Crippen LogP contribution in [-0.2, 0) is 0 Å². The second kappa shape index (κ2) is 12.4. The van der Waals surface area contributed by atoms with E-state index in [4.69, 9.17) is 4.99 Å². The third-order valence-electron chi connectivity index (χ3n) is 5.56. The van der Waals surface area contributed by atoms with Crippen molar-refractivity contribution in [3.63, 3.8) is 0 Å². The van der Waals surface area contributed by atoms with Crippen LogP contribution in [0.3, 0.4) is 0 Å². The maximum absolute atomic E-state index is 13.0. The first-order valence-corrected chi connectivity index (χ1v) is 10.6. The van der Waals surface area contributed by atoms with Gasteiger partial charge in [0.2, 0.25) is 0 Å². The molecule has 0 amide bonds. The third kappa shape index (κ3) is 9.05. The van der Waals surface area contributed by atoms with Crippen molar-refractivity contribution >= 4 is 29.9 Å². The van der Waals surface area contributed by atoms with Crippen LogP contribution in [0.25, 0.3) is 0 Å². The van der Waals surface area contributed by atoms with E-state index >= 15 is 0 Å². The molecule has 2 aliphatic rings. The zero-order valence-electron chi connectivity index (χ0n) is 17.5. The lowest BCUT2D eigenvalue weighted by Gasteiger charge is -2.34. The number of halogens is 4. The minimum atomic E-state index is -4.09. The van der Waals surface area contributed by atoms with Crippen LogP contribution in [0.15, 0.2) is 4.99 Å². The molecule has 4 nitrogen and oxygen atoms in total. The van der Waals surface area contributed by atoms with Crippen LogP contribution in [0.4, 0.5) is 13.2 Å². The summed E-state index contributed by atoms with van der Waals surface area (Å²) >= 11 is 0. The summed E-state index contributed by atoms with van der Waals surface area (Å²) in [7, 11) is 0. The van der Waals surface area contributed by atoms with Crippen molar-refractivity contribution in [3.8, 4) is 0 Å². The minimum absolute atomic E-state index is 0. The third-order valence-corrected chi connectivity index (χ3v) is 5.56. The van der Waals surface area contributed by atoms with Crippen molar-refractivity contribution in [1.29, 1.82) is 0 Å². The fourth-order valence-electron chi connectivity index (χ4n) is 4.33. The van der Waals surface area contributed by atoms with E-state index in [2.05, 4.69) is 29.4 Å². The highest BCUT2D eigenvalue weighted by molar-refractivity contribution is 14.0. The van der Waals surface area contributed by atoms with Gasteiger partial charge in [-0.25, -0.2) is 0 Å². The van der Waals surface area contributed by atoms with Crippen molar-refractivity contribution in [3.05, 3.63) is 0 Å². The Morgan fingerprint density at radius 2 is 1.93 bits per heavy atom. The molecular formula is C20H38F3IN4. The SMILES string of the molecule is CCNC(=NCC1CCCN(CC(C)C)C1)NC1CCCC(C(F)(F)F)C1.I. The summed E-state index contributed by atoms with van der Waals surface area (Å²) in [6.45, 7) is 11.3. The van der Waals surface area contributed by atoms with E-state index in [1.54, 1.807) is 0 Å². The Bertz CT molecular complexity index is 471. The Labute approximate surface area is 185 Å². The molecule has 0 radical (unpaired) electrons. The van der Waals surface area contributed by atoms with Crippen LogP contribution >= 0.6 is 24.0 Å². The molecule has 2 rings (SSSR count). The molecule has 3 atom stereocenters. The van der Waals surface area contributed by atoms with Crippen molar-refractivity contribution in [2.45, 2.75) is 71.5 Å². The van der Waals surface area contributed by atoms with Gasteiger partial charge < -0.3 is 15.5 Å². The molecule has 1 aliphatic carbocycles. The number of rotatable bonds is 6. The monoisotopic (exact) mass is 518 g/mol. The van der Waals surface area contributed by atoms with Gasteiger partial charge in [0.25, 0.3) is 0 Å². The molecular weight excluding hydrogens is 480 g/mol. The number of hydrogen-bond donors (Lipinski definition) is 2. The predicted molar refractivity (Wildman–Crippen MR) is 120 cm³/mol. The van der Waals surface area contributed by atoms with Crippen molar-refractivity contribution in [2.75, 3.05) is 32.7 Å². The average Bonchev–Trinajstić information content (AvgIpc) is 2.59. The summed E-state index contributed by atoms with van der Waals surface area (Å²) < 4.78 is 39.1. The van der Waals surface area contributed by atoms with E-state index in [-0.39, 0.29) is 42.9 Å². The quantitative estimate of drug-likeness (QED) is 0.306. The van der Waals surface area contributed by atoms with Crippen LogP contribution in [0.5, 0.6) is 0 Å². The first kappa shape index (κ1) is 25.8. The largest absolute Gasteiger partial charge is 0.391 e. The zero-order chi connectivity index (χ0) is 19.9. The number of hydrogen-bond acceptors (Lipinski definition) is 2. The molecule has 2 fully saturated rings. The molecule has 0 aromatic rings. The van der Waals surface area contributed by atoms with E-state index in [1.807, 2.05) is 6.92 Å². The second-order valence-corrected chi connectivity index (χ2v) is 8.63. The van der Waals surface area contributed by atoms with Crippen LogP contribution in [-0.4, -0.2) is 55.8 Å². The second-order valence-electron chi connectivity index (χ2n) is 8.63. The summed E-state index contributed by atoms with van der Waals surface area (Å²) in [6, 6.07) is -0.146. The van der Waals surface area contributed by atoms with Gasteiger partial charge in [0, 0.05) is 32.2 Å². The molecule has 2 N–H and O–H groups in total. The van der Waals surface area contributed by atoms with Gasteiger partial charge >= 0.3 is 6.18 Å². The van der Waals surface area contributed by atoms with Gasteiger partial charge in [0.1, 0.15) is 0 Å². The van der Waals surface area contributed by atoms with E-state index in [0.717, 1.165) is 32.6 Å². The molecule has 1 saturated heterocycles. The summed E-state index contributed by atoms with van der Waals surface area (Å²) in [4.78, 5) is 7.24. The van der Waals surface area contributed by atoms with E-state index in [9.17, 15) is 13.2 Å². The Kier molecular flexibility index (Phi) is 11.5. The van der Waals surface area contributed by atoms with Gasteiger partial charge in [0.05, 0.1) is 5.92 Å². The van der Waals surface area contributed by atoms with E-state index in [1.165, 1.54) is 12.8 Å². The molecule has 166 valence electrons. The predicted octanol–water partition coefficient (Wildman–Crippen LogP) is 4.65. The fourth-order valence-corrected chi connectivity index (χ4v) is 4.33. The van der Waals surface area contributed by atoms with Gasteiger partial charge in [-0.3, -0.25) is 4.99 Å². The molecule has 0 aromatic carbocycles. The Morgan fingerprint density at radius 1 is 1.18 bits per heavy atom. The van der Waals surface area contributed by atoms with Crippen molar-refractivity contribution < 1.29 is 13.2 Å². The van der Waals surface area contributed by atoms with E-state index in [0.29, 0.717) is 30.8 Å². The minimum Gasteiger partial charge on any atom is -0.357 e. The number of guanidine groups is 1. The molecule has 0 bridgehead atoms. The highest BCUT2D eigenvalue weighted by Gasteiger charge is 2.42. The van der Waals surface area contributed by atoms with Gasteiger partial charge in [-0.05, 0) is 57.4 Å². The van der Waals surface area contributed by atoms with Gasteiger partial charge in [-0.1, -0.05) is 20.3 Å². The summed E-state index contributed by atoms with van der Waals surface area (Å²) in [5.41, 5.74) is 0. The van der Waals surface area contributed by atoms with Gasteiger partial charge in [-0.15, -0.1) is 24.0 Å². The first-order valence-electron chi connectivity index (χ1n) is 10.6. The summed E-state index contributed by atoms with van der Waals surface area (Å²) in [5, 5.41) is 6.48. The van der Waals surface area contributed by atoms with Crippen LogP contribution in [0, 0.1) is 17.8 Å². The highest BCUT2D eigenvalue weighted by Crippen LogP contribution is 2.37. The first-order chi connectivity index (χ1) is 12.8.